The summed E-state index contributed by atoms with van der Waals surface area (Å²) in [6, 6.07) is 8.84. The Labute approximate surface area is 120 Å². The summed E-state index contributed by atoms with van der Waals surface area (Å²) in [7, 11) is 2.15. The highest BCUT2D eigenvalue weighted by Crippen LogP contribution is 2.31. The molecule has 0 saturated carbocycles. The van der Waals surface area contributed by atoms with Crippen molar-refractivity contribution < 1.29 is 4.79 Å². The first kappa shape index (κ1) is 13.2. The molecule has 0 fully saturated rings. The van der Waals surface area contributed by atoms with Crippen LogP contribution in [0.4, 0.5) is 0 Å². The van der Waals surface area contributed by atoms with Gasteiger partial charge in [-0.1, -0.05) is 32.0 Å². The molecule has 0 saturated heterocycles. The van der Waals surface area contributed by atoms with Crippen LogP contribution in [0.3, 0.4) is 0 Å². The van der Waals surface area contributed by atoms with Crippen LogP contribution in [-0.2, 0) is 24.7 Å². The number of amides is 1. The molecule has 1 amide bonds. The summed E-state index contributed by atoms with van der Waals surface area (Å²) in [6.07, 6.45) is 3.04. The van der Waals surface area contributed by atoms with Crippen LogP contribution in [-0.4, -0.2) is 16.5 Å². The molecule has 1 aliphatic rings. The van der Waals surface area contributed by atoms with Crippen LogP contribution in [0.25, 0.3) is 10.9 Å². The zero-order valence-electron chi connectivity index (χ0n) is 12.4. The lowest BCUT2D eigenvalue weighted by Crippen LogP contribution is -2.40. The van der Waals surface area contributed by atoms with Gasteiger partial charge in [0.15, 0.2) is 0 Å². The highest BCUT2D eigenvalue weighted by atomic mass is 16.1. The van der Waals surface area contributed by atoms with Crippen molar-refractivity contribution in [2.24, 2.45) is 13.0 Å². The normalized spacial score (nSPS) is 18.3. The molecule has 106 valence electrons. The fourth-order valence-corrected chi connectivity index (χ4v) is 3.22. The van der Waals surface area contributed by atoms with Gasteiger partial charge in [0.2, 0.25) is 5.91 Å². The van der Waals surface area contributed by atoms with Gasteiger partial charge in [0, 0.05) is 35.6 Å². The molecular weight excluding hydrogens is 248 g/mol. The third-order valence-corrected chi connectivity index (χ3v) is 4.39. The number of fused-ring (bicyclic) bond motifs is 3. The van der Waals surface area contributed by atoms with Gasteiger partial charge in [0.25, 0.3) is 0 Å². The summed E-state index contributed by atoms with van der Waals surface area (Å²) in [5.74, 6) is 0.225. The third kappa shape index (κ3) is 2.11. The number of aryl methyl sites for hydroxylation is 1. The fourth-order valence-electron chi connectivity index (χ4n) is 3.22. The minimum absolute atomic E-state index is 0.0592. The standard InChI is InChI=1S/C17H22N2O/c1-11(2)17(20)18-12-8-9-16-14(10-12)13-6-4-5-7-15(13)19(16)3/h4-7,11-12H,8-10H2,1-3H3,(H,18,20). The largest absolute Gasteiger partial charge is 0.353 e. The average molecular weight is 270 g/mol. The van der Waals surface area contributed by atoms with E-state index in [1.54, 1.807) is 0 Å². The van der Waals surface area contributed by atoms with Gasteiger partial charge < -0.3 is 9.88 Å². The highest BCUT2D eigenvalue weighted by molar-refractivity contribution is 5.86. The average Bonchev–Trinajstić information content (AvgIpc) is 2.73. The van der Waals surface area contributed by atoms with Crippen LogP contribution in [0.5, 0.6) is 0 Å². The van der Waals surface area contributed by atoms with Crippen molar-refractivity contribution in [1.29, 1.82) is 0 Å². The van der Waals surface area contributed by atoms with E-state index in [9.17, 15) is 4.79 Å². The van der Waals surface area contributed by atoms with E-state index in [0.717, 1.165) is 19.3 Å². The Balaban J connectivity index is 1.91. The van der Waals surface area contributed by atoms with Gasteiger partial charge in [0.05, 0.1) is 0 Å². The molecule has 2 aromatic rings. The SMILES string of the molecule is CC(C)C(=O)NC1CCc2c(c3ccccc3n2C)C1. The van der Waals surface area contributed by atoms with Crippen LogP contribution in [0.15, 0.2) is 24.3 Å². The minimum Gasteiger partial charge on any atom is -0.353 e. The van der Waals surface area contributed by atoms with Crippen LogP contribution >= 0.6 is 0 Å². The van der Waals surface area contributed by atoms with Crippen molar-refractivity contribution in [1.82, 2.24) is 9.88 Å². The summed E-state index contributed by atoms with van der Waals surface area (Å²) in [4.78, 5) is 11.9. The first-order chi connectivity index (χ1) is 9.58. The lowest BCUT2D eigenvalue weighted by Gasteiger charge is -2.25. The van der Waals surface area contributed by atoms with Crippen molar-refractivity contribution >= 4 is 16.8 Å². The second-order valence-corrected chi connectivity index (χ2v) is 6.10. The van der Waals surface area contributed by atoms with Crippen molar-refractivity contribution in [3.63, 3.8) is 0 Å². The fraction of sp³-hybridized carbons (Fsp3) is 0.471. The van der Waals surface area contributed by atoms with E-state index in [1.807, 2.05) is 13.8 Å². The molecule has 3 nitrogen and oxygen atoms in total. The maximum atomic E-state index is 11.9. The summed E-state index contributed by atoms with van der Waals surface area (Å²) in [5.41, 5.74) is 4.15. The van der Waals surface area contributed by atoms with Gasteiger partial charge in [-0.25, -0.2) is 0 Å². The molecule has 1 unspecified atom stereocenters. The highest BCUT2D eigenvalue weighted by Gasteiger charge is 2.25. The Morgan fingerprint density at radius 1 is 1.35 bits per heavy atom. The molecule has 1 N–H and O–H groups in total. The second kappa shape index (κ2) is 4.97. The quantitative estimate of drug-likeness (QED) is 0.894. The smallest absolute Gasteiger partial charge is 0.222 e. The lowest BCUT2D eigenvalue weighted by atomic mass is 9.91. The Hall–Kier alpha value is -1.77. The van der Waals surface area contributed by atoms with E-state index < -0.39 is 0 Å². The topological polar surface area (TPSA) is 34.0 Å². The molecule has 1 aliphatic carbocycles. The molecular formula is C17H22N2O. The second-order valence-electron chi connectivity index (χ2n) is 6.10. The first-order valence-electron chi connectivity index (χ1n) is 7.43. The molecule has 1 atom stereocenters. The maximum Gasteiger partial charge on any atom is 0.222 e. The Morgan fingerprint density at radius 3 is 2.85 bits per heavy atom. The van der Waals surface area contributed by atoms with Gasteiger partial charge in [-0.05, 0) is 30.9 Å². The molecule has 0 bridgehead atoms. The first-order valence-corrected chi connectivity index (χ1v) is 7.43. The van der Waals surface area contributed by atoms with Gasteiger partial charge in [0.1, 0.15) is 0 Å². The van der Waals surface area contributed by atoms with Gasteiger partial charge >= 0.3 is 0 Å². The van der Waals surface area contributed by atoms with E-state index in [0.29, 0.717) is 0 Å². The van der Waals surface area contributed by atoms with Crippen molar-refractivity contribution in [2.45, 2.75) is 39.2 Å². The van der Waals surface area contributed by atoms with Crippen LogP contribution in [0.2, 0.25) is 0 Å². The predicted molar refractivity (Wildman–Crippen MR) is 81.7 cm³/mol. The molecule has 1 aromatic heterocycles. The molecule has 1 heterocycles. The van der Waals surface area contributed by atoms with Crippen LogP contribution < -0.4 is 5.32 Å². The van der Waals surface area contributed by atoms with E-state index in [4.69, 9.17) is 0 Å². The van der Waals surface area contributed by atoms with E-state index in [2.05, 4.69) is 41.2 Å². The molecule has 3 heteroatoms. The molecule has 1 aromatic carbocycles. The van der Waals surface area contributed by atoms with E-state index in [1.165, 1.54) is 22.2 Å². The summed E-state index contributed by atoms with van der Waals surface area (Å²) >= 11 is 0. The van der Waals surface area contributed by atoms with Gasteiger partial charge in [-0.2, -0.15) is 0 Å². The number of hydrogen-bond acceptors (Lipinski definition) is 1. The summed E-state index contributed by atoms with van der Waals surface area (Å²) < 4.78 is 2.31. The number of carbonyl (C=O) groups is 1. The van der Waals surface area contributed by atoms with Crippen molar-refractivity contribution in [3.05, 3.63) is 35.5 Å². The number of nitrogens with zero attached hydrogens (tertiary/aromatic N) is 1. The Bertz CT molecular complexity index is 654. The van der Waals surface area contributed by atoms with E-state index in [-0.39, 0.29) is 17.9 Å². The monoisotopic (exact) mass is 270 g/mol. The summed E-state index contributed by atoms with van der Waals surface area (Å²) in [5, 5.41) is 4.53. The third-order valence-electron chi connectivity index (χ3n) is 4.39. The number of para-hydroxylation sites is 1. The van der Waals surface area contributed by atoms with Gasteiger partial charge in [-0.15, -0.1) is 0 Å². The zero-order chi connectivity index (χ0) is 14.3. The van der Waals surface area contributed by atoms with Crippen molar-refractivity contribution in [3.8, 4) is 0 Å². The predicted octanol–water partition coefficient (Wildman–Crippen LogP) is 2.81. The van der Waals surface area contributed by atoms with Gasteiger partial charge in [-0.3, -0.25) is 4.79 Å². The maximum absolute atomic E-state index is 11.9. The number of aromatic nitrogens is 1. The van der Waals surface area contributed by atoms with Crippen LogP contribution in [0, 0.1) is 5.92 Å². The number of benzene rings is 1. The molecule has 0 radical (unpaired) electrons. The Kier molecular flexibility index (Phi) is 3.28. The van der Waals surface area contributed by atoms with Crippen molar-refractivity contribution in [2.75, 3.05) is 0 Å². The molecule has 20 heavy (non-hydrogen) atoms. The number of nitrogens with one attached hydrogen (secondary N) is 1. The number of carbonyl (C=O) groups excluding carboxylic acids is 1. The van der Waals surface area contributed by atoms with E-state index >= 15 is 0 Å². The number of hydrogen-bond donors (Lipinski definition) is 1. The molecule has 0 spiro atoms. The molecule has 3 rings (SSSR count). The minimum atomic E-state index is 0.0592. The van der Waals surface area contributed by atoms with Crippen LogP contribution in [0.1, 0.15) is 31.5 Å². The zero-order valence-corrected chi connectivity index (χ0v) is 12.4. The summed E-state index contributed by atoms with van der Waals surface area (Å²) in [6.45, 7) is 3.89. The molecule has 0 aliphatic heterocycles. The Morgan fingerprint density at radius 2 is 2.10 bits per heavy atom. The lowest BCUT2D eigenvalue weighted by molar-refractivity contribution is -0.124. The number of rotatable bonds is 2.